The molecule has 102 valence electrons. The second-order valence-electron chi connectivity index (χ2n) is 4.67. The number of carboxylic acid groups (broad SMARTS) is 2. The summed E-state index contributed by atoms with van der Waals surface area (Å²) in [5, 5.41) is 17.3. The first kappa shape index (κ1) is 16.4. The van der Waals surface area contributed by atoms with E-state index in [9.17, 15) is 9.59 Å². The van der Waals surface area contributed by atoms with Crippen LogP contribution in [0.15, 0.2) is 23.8 Å². The van der Waals surface area contributed by atoms with Crippen LogP contribution in [0.1, 0.15) is 46.0 Å². The minimum atomic E-state index is -1.14. The van der Waals surface area contributed by atoms with Crippen LogP contribution in [0.3, 0.4) is 0 Å². The SMILES string of the molecule is CC(C)CCCCCC=C(C=CC(=O)O)C(=O)O. The van der Waals surface area contributed by atoms with Gasteiger partial charge in [-0.2, -0.15) is 0 Å². The highest BCUT2D eigenvalue weighted by Gasteiger charge is 2.03. The van der Waals surface area contributed by atoms with E-state index >= 15 is 0 Å². The number of carboxylic acids is 2. The highest BCUT2D eigenvalue weighted by molar-refractivity contribution is 5.92. The first-order valence-corrected chi connectivity index (χ1v) is 6.28. The zero-order chi connectivity index (χ0) is 14.0. The van der Waals surface area contributed by atoms with Crippen molar-refractivity contribution in [1.29, 1.82) is 0 Å². The lowest BCUT2D eigenvalue weighted by Gasteiger charge is -2.02. The Hall–Kier alpha value is -1.58. The summed E-state index contributed by atoms with van der Waals surface area (Å²) in [6.07, 6.45) is 8.57. The summed E-state index contributed by atoms with van der Waals surface area (Å²) in [7, 11) is 0. The lowest BCUT2D eigenvalue weighted by atomic mass is 10.0. The Morgan fingerprint density at radius 3 is 2.22 bits per heavy atom. The van der Waals surface area contributed by atoms with Crippen molar-refractivity contribution in [3.63, 3.8) is 0 Å². The molecule has 0 aliphatic rings. The molecular weight excluding hydrogens is 232 g/mol. The number of unbranched alkanes of at least 4 members (excludes halogenated alkanes) is 3. The fourth-order valence-corrected chi connectivity index (χ4v) is 1.52. The maximum atomic E-state index is 10.8. The van der Waals surface area contributed by atoms with E-state index in [0.29, 0.717) is 12.3 Å². The molecular formula is C14H22O4. The molecule has 4 heteroatoms. The summed E-state index contributed by atoms with van der Waals surface area (Å²) in [6, 6.07) is 0. The van der Waals surface area contributed by atoms with Crippen molar-refractivity contribution in [2.75, 3.05) is 0 Å². The van der Waals surface area contributed by atoms with Gasteiger partial charge in [0.2, 0.25) is 0 Å². The van der Waals surface area contributed by atoms with Gasteiger partial charge < -0.3 is 10.2 Å². The summed E-state index contributed by atoms with van der Waals surface area (Å²) in [4.78, 5) is 21.1. The maximum absolute atomic E-state index is 10.8. The van der Waals surface area contributed by atoms with Crippen LogP contribution in [-0.4, -0.2) is 22.2 Å². The van der Waals surface area contributed by atoms with E-state index in [1.54, 1.807) is 6.08 Å². The fourth-order valence-electron chi connectivity index (χ4n) is 1.52. The second-order valence-corrected chi connectivity index (χ2v) is 4.67. The maximum Gasteiger partial charge on any atom is 0.335 e. The Labute approximate surface area is 108 Å². The van der Waals surface area contributed by atoms with Gasteiger partial charge in [-0.15, -0.1) is 0 Å². The molecule has 0 aliphatic heterocycles. The third-order valence-electron chi connectivity index (χ3n) is 2.50. The highest BCUT2D eigenvalue weighted by Crippen LogP contribution is 2.11. The van der Waals surface area contributed by atoms with E-state index in [1.165, 1.54) is 6.42 Å². The number of hydrogen-bond donors (Lipinski definition) is 2. The molecule has 0 aromatic rings. The molecule has 0 bridgehead atoms. The van der Waals surface area contributed by atoms with E-state index in [-0.39, 0.29) is 5.57 Å². The first-order valence-electron chi connectivity index (χ1n) is 6.28. The molecule has 0 spiro atoms. The molecule has 4 nitrogen and oxygen atoms in total. The van der Waals surface area contributed by atoms with Gasteiger partial charge in [0.15, 0.2) is 0 Å². The second kappa shape index (κ2) is 9.45. The standard InChI is InChI=1S/C14H22O4/c1-11(2)7-5-3-4-6-8-12(14(17)18)9-10-13(15)16/h8-11H,3-7H2,1-2H3,(H,15,16)(H,17,18). The lowest BCUT2D eigenvalue weighted by molar-refractivity contribution is -0.132. The molecule has 0 aliphatic carbocycles. The predicted octanol–water partition coefficient (Wildman–Crippen LogP) is 3.24. The average molecular weight is 254 g/mol. The Balaban J connectivity index is 4.03. The molecule has 18 heavy (non-hydrogen) atoms. The van der Waals surface area contributed by atoms with Crippen molar-refractivity contribution in [1.82, 2.24) is 0 Å². The van der Waals surface area contributed by atoms with Gasteiger partial charge in [0.25, 0.3) is 0 Å². The molecule has 0 heterocycles. The molecule has 0 aromatic heterocycles. The zero-order valence-corrected chi connectivity index (χ0v) is 11.1. The topological polar surface area (TPSA) is 74.6 Å². The summed E-state index contributed by atoms with van der Waals surface area (Å²) >= 11 is 0. The minimum Gasteiger partial charge on any atom is -0.478 e. The molecule has 0 fully saturated rings. The van der Waals surface area contributed by atoms with Crippen LogP contribution >= 0.6 is 0 Å². The largest absolute Gasteiger partial charge is 0.478 e. The van der Waals surface area contributed by atoms with Crippen molar-refractivity contribution in [2.45, 2.75) is 46.0 Å². The van der Waals surface area contributed by atoms with Gasteiger partial charge in [-0.25, -0.2) is 9.59 Å². The Morgan fingerprint density at radius 1 is 1.06 bits per heavy atom. The summed E-state index contributed by atoms with van der Waals surface area (Å²) in [5.41, 5.74) is 0.0428. The molecule has 0 rings (SSSR count). The molecule has 2 N–H and O–H groups in total. The average Bonchev–Trinajstić information content (AvgIpc) is 2.25. The van der Waals surface area contributed by atoms with Gasteiger partial charge in [-0.05, 0) is 24.8 Å². The quantitative estimate of drug-likeness (QED) is 0.376. The van der Waals surface area contributed by atoms with Crippen LogP contribution in [0.4, 0.5) is 0 Å². The van der Waals surface area contributed by atoms with E-state index in [2.05, 4.69) is 13.8 Å². The monoisotopic (exact) mass is 254 g/mol. The summed E-state index contributed by atoms with van der Waals surface area (Å²) < 4.78 is 0. The van der Waals surface area contributed by atoms with Crippen LogP contribution < -0.4 is 0 Å². The third-order valence-corrected chi connectivity index (χ3v) is 2.50. The number of aliphatic carboxylic acids is 2. The van der Waals surface area contributed by atoms with Crippen LogP contribution in [-0.2, 0) is 9.59 Å². The third kappa shape index (κ3) is 9.63. The fraction of sp³-hybridized carbons (Fsp3) is 0.571. The summed E-state index contributed by atoms with van der Waals surface area (Å²) in [5.74, 6) is -1.53. The predicted molar refractivity (Wildman–Crippen MR) is 70.4 cm³/mol. The van der Waals surface area contributed by atoms with Gasteiger partial charge in [0.1, 0.15) is 0 Å². The number of hydrogen-bond acceptors (Lipinski definition) is 2. The smallest absolute Gasteiger partial charge is 0.335 e. The van der Waals surface area contributed by atoms with Gasteiger partial charge in [0.05, 0.1) is 5.57 Å². The summed E-state index contributed by atoms with van der Waals surface area (Å²) in [6.45, 7) is 4.36. The molecule has 0 atom stereocenters. The van der Waals surface area contributed by atoms with Crippen molar-refractivity contribution in [3.8, 4) is 0 Å². The molecule has 0 aromatic carbocycles. The molecule has 0 unspecified atom stereocenters. The molecule has 0 saturated heterocycles. The van der Waals surface area contributed by atoms with Crippen LogP contribution in [0.25, 0.3) is 0 Å². The van der Waals surface area contributed by atoms with Crippen LogP contribution in [0.2, 0.25) is 0 Å². The van der Waals surface area contributed by atoms with E-state index in [1.807, 2.05) is 0 Å². The number of allylic oxidation sites excluding steroid dienone is 1. The van der Waals surface area contributed by atoms with E-state index in [0.717, 1.165) is 31.4 Å². The van der Waals surface area contributed by atoms with Gasteiger partial charge in [0, 0.05) is 6.08 Å². The van der Waals surface area contributed by atoms with Gasteiger partial charge in [-0.3, -0.25) is 0 Å². The highest BCUT2D eigenvalue weighted by atomic mass is 16.4. The molecule has 0 amide bonds. The normalized spacial score (nSPS) is 12.3. The minimum absolute atomic E-state index is 0.0428. The number of carbonyl (C=O) groups is 2. The van der Waals surface area contributed by atoms with Crippen molar-refractivity contribution < 1.29 is 19.8 Å². The van der Waals surface area contributed by atoms with Gasteiger partial charge in [-0.1, -0.05) is 39.2 Å². The molecule has 0 saturated carbocycles. The van der Waals surface area contributed by atoms with E-state index in [4.69, 9.17) is 10.2 Å². The van der Waals surface area contributed by atoms with Crippen molar-refractivity contribution in [2.24, 2.45) is 5.92 Å². The van der Waals surface area contributed by atoms with E-state index < -0.39 is 11.9 Å². The lowest BCUT2D eigenvalue weighted by Crippen LogP contribution is -1.99. The Morgan fingerprint density at radius 2 is 1.72 bits per heavy atom. The number of rotatable bonds is 9. The van der Waals surface area contributed by atoms with Crippen molar-refractivity contribution in [3.05, 3.63) is 23.8 Å². The Kier molecular flexibility index (Phi) is 8.62. The molecule has 0 radical (unpaired) electrons. The first-order chi connectivity index (χ1) is 8.43. The van der Waals surface area contributed by atoms with Crippen molar-refractivity contribution >= 4 is 11.9 Å². The van der Waals surface area contributed by atoms with Gasteiger partial charge >= 0.3 is 11.9 Å². The van der Waals surface area contributed by atoms with Crippen LogP contribution in [0.5, 0.6) is 0 Å². The zero-order valence-electron chi connectivity index (χ0n) is 11.1. The van der Waals surface area contributed by atoms with Crippen LogP contribution in [0, 0.1) is 5.92 Å². The Bertz CT molecular complexity index is 327.